The van der Waals surface area contributed by atoms with Gasteiger partial charge in [0.25, 0.3) is 0 Å². The molecule has 6 nitrogen and oxygen atoms in total. The highest BCUT2D eigenvalue weighted by Gasteiger charge is 2.25. The summed E-state index contributed by atoms with van der Waals surface area (Å²) in [6, 6.07) is 10.2. The molecule has 7 heteroatoms. The Hall–Kier alpha value is -1.99. The van der Waals surface area contributed by atoms with Crippen LogP contribution < -0.4 is 11.1 Å². The molecule has 0 saturated carbocycles. The van der Waals surface area contributed by atoms with Crippen LogP contribution in [0.2, 0.25) is 0 Å². The van der Waals surface area contributed by atoms with Crippen LogP contribution in [0, 0.1) is 0 Å². The fourth-order valence-electron chi connectivity index (χ4n) is 2.06. The van der Waals surface area contributed by atoms with Gasteiger partial charge in [-0.1, -0.05) is 18.2 Å². The monoisotopic (exact) mass is 288 g/mol. The normalized spacial score (nSPS) is 14.6. The summed E-state index contributed by atoms with van der Waals surface area (Å²) in [4.78, 5) is 0. The second kappa shape index (κ2) is 5.18. The van der Waals surface area contributed by atoms with E-state index in [4.69, 9.17) is 0 Å². The predicted octanol–water partition coefficient (Wildman–Crippen LogP) is 1.56. The zero-order valence-electron chi connectivity index (χ0n) is 11.3. The van der Waals surface area contributed by atoms with Crippen molar-refractivity contribution >= 4 is 18.5 Å². The van der Waals surface area contributed by atoms with Crippen molar-refractivity contribution in [2.75, 3.05) is 0 Å². The first-order valence-electron chi connectivity index (χ1n) is 6.39. The standard InChI is InChI=1S/C13H16N6S/c1-9(2)18-12(15-16-17-18)11-8-14-19(13(11)20)10-6-4-3-5-7-10/h3-9,16-17,20H,1-2H3. The lowest BCUT2D eigenvalue weighted by atomic mass is 10.2. The Labute approximate surface area is 122 Å². The average Bonchev–Trinajstić information content (AvgIpc) is 3.06. The van der Waals surface area contributed by atoms with Crippen molar-refractivity contribution in [1.82, 2.24) is 25.9 Å². The fourth-order valence-corrected chi connectivity index (χ4v) is 2.39. The number of benzene rings is 1. The maximum absolute atomic E-state index is 4.60. The van der Waals surface area contributed by atoms with E-state index < -0.39 is 0 Å². The number of hydrogen-bond acceptors (Lipinski definition) is 6. The maximum Gasteiger partial charge on any atom is 0.177 e. The number of para-hydroxylation sites is 1. The van der Waals surface area contributed by atoms with E-state index in [2.05, 4.69) is 47.7 Å². The number of hydrogen-bond donors (Lipinski definition) is 3. The Morgan fingerprint density at radius 2 is 1.95 bits per heavy atom. The van der Waals surface area contributed by atoms with Crippen LogP contribution in [0.3, 0.4) is 0 Å². The summed E-state index contributed by atoms with van der Waals surface area (Å²) >= 11 is 4.60. The molecule has 104 valence electrons. The molecule has 2 N–H and O–H groups in total. The van der Waals surface area contributed by atoms with Crippen molar-refractivity contribution in [1.29, 1.82) is 0 Å². The van der Waals surface area contributed by atoms with Crippen molar-refractivity contribution in [3.05, 3.63) is 42.1 Å². The molecular weight excluding hydrogens is 272 g/mol. The molecule has 0 aliphatic carbocycles. The highest BCUT2D eigenvalue weighted by atomic mass is 32.1. The molecule has 2 heterocycles. The molecule has 0 spiro atoms. The van der Waals surface area contributed by atoms with Gasteiger partial charge in [-0.3, -0.25) is 5.01 Å². The first kappa shape index (κ1) is 13.0. The van der Waals surface area contributed by atoms with Gasteiger partial charge in [-0.25, -0.2) is 10.2 Å². The van der Waals surface area contributed by atoms with Crippen molar-refractivity contribution < 1.29 is 0 Å². The molecule has 20 heavy (non-hydrogen) atoms. The summed E-state index contributed by atoms with van der Waals surface area (Å²) in [6.07, 6.45) is 1.78. The topological polar surface area (TPSA) is 57.5 Å². The molecule has 0 unspecified atom stereocenters. The average molecular weight is 288 g/mol. The Morgan fingerprint density at radius 3 is 2.65 bits per heavy atom. The SMILES string of the molecule is CC(C)N1NNN=C1c1cnn(-c2ccccc2)c1S. The minimum absolute atomic E-state index is 0.261. The smallest absolute Gasteiger partial charge is 0.177 e. The van der Waals surface area contributed by atoms with Crippen LogP contribution in [-0.2, 0) is 0 Å². The Kier molecular flexibility index (Phi) is 3.37. The summed E-state index contributed by atoms with van der Waals surface area (Å²) < 4.78 is 1.79. The number of nitrogens with zero attached hydrogens (tertiary/aromatic N) is 4. The number of aromatic nitrogens is 2. The summed E-state index contributed by atoms with van der Waals surface area (Å²) in [5.41, 5.74) is 7.61. The molecular formula is C13H16N6S. The minimum atomic E-state index is 0.261. The van der Waals surface area contributed by atoms with Gasteiger partial charge in [-0.2, -0.15) is 5.10 Å². The lowest BCUT2D eigenvalue weighted by Gasteiger charge is -2.22. The van der Waals surface area contributed by atoms with Crippen LogP contribution >= 0.6 is 12.6 Å². The van der Waals surface area contributed by atoms with Crippen molar-refractivity contribution in [3.8, 4) is 5.69 Å². The van der Waals surface area contributed by atoms with Crippen molar-refractivity contribution in [2.45, 2.75) is 24.9 Å². The number of rotatable bonds is 3. The van der Waals surface area contributed by atoms with Gasteiger partial charge < -0.3 is 0 Å². The van der Waals surface area contributed by atoms with E-state index in [9.17, 15) is 0 Å². The van der Waals surface area contributed by atoms with Crippen LogP contribution in [-0.4, -0.2) is 26.7 Å². The largest absolute Gasteiger partial charge is 0.268 e. The highest BCUT2D eigenvalue weighted by molar-refractivity contribution is 7.80. The Morgan fingerprint density at radius 1 is 1.20 bits per heavy atom. The predicted molar refractivity (Wildman–Crippen MR) is 80.6 cm³/mol. The molecule has 1 aromatic heterocycles. The molecule has 0 fully saturated rings. The maximum atomic E-state index is 4.60. The van der Waals surface area contributed by atoms with Crippen LogP contribution in [0.5, 0.6) is 0 Å². The third kappa shape index (κ3) is 2.14. The third-order valence-electron chi connectivity index (χ3n) is 3.06. The van der Waals surface area contributed by atoms with Crippen LogP contribution in [0.4, 0.5) is 0 Å². The van der Waals surface area contributed by atoms with E-state index in [1.807, 2.05) is 35.3 Å². The zero-order valence-corrected chi connectivity index (χ0v) is 12.2. The van der Waals surface area contributed by atoms with Gasteiger partial charge >= 0.3 is 0 Å². The van der Waals surface area contributed by atoms with E-state index in [-0.39, 0.29) is 6.04 Å². The van der Waals surface area contributed by atoms with Gasteiger partial charge in [-0.15, -0.1) is 23.3 Å². The third-order valence-corrected chi connectivity index (χ3v) is 3.49. The molecule has 0 atom stereocenters. The second-order valence-electron chi connectivity index (χ2n) is 4.75. The van der Waals surface area contributed by atoms with Gasteiger partial charge in [0.1, 0.15) is 5.03 Å². The van der Waals surface area contributed by atoms with Crippen LogP contribution in [0.25, 0.3) is 5.69 Å². The molecule has 3 rings (SSSR count). The molecule has 0 amide bonds. The highest BCUT2D eigenvalue weighted by Crippen LogP contribution is 2.21. The van der Waals surface area contributed by atoms with Gasteiger partial charge in [0.2, 0.25) is 0 Å². The van der Waals surface area contributed by atoms with Gasteiger partial charge in [-0.05, 0) is 26.0 Å². The molecule has 1 aromatic carbocycles. The molecule has 0 radical (unpaired) electrons. The van der Waals surface area contributed by atoms with Crippen molar-refractivity contribution in [2.24, 2.45) is 5.10 Å². The first-order valence-corrected chi connectivity index (χ1v) is 6.83. The molecule has 1 aliphatic rings. The Balaban J connectivity index is 1.99. The van der Waals surface area contributed by atoms with E-state index in [1.54, 1.807) is 10.9 Å². The molecule has 0 saturated heterocycles. The molecule has 1 aliphatic heterocycles. The summed E-state index contributed by atoms with van der Waals surface area (Å²) in [6.45, 7) is 4.16. The van der Waals surface area contributed by atoms with Gasteiger partial charge in [0, 0.05) is 6.04 Å². The van der Waals surface area contributed by atoms with Crippen LogP contribution in [0.15, 0.2) is 46.7 Å². The number of hydrazone groups is 1. The van der Waals surface area contributed by atoms with E-state index in [0.29, 0.717) is 0 Å². The quantitative estimate of drug-likeness (QED) is 0.750. The number of thiol groups is 1. The number of amidine groups is 1. The second-order valence-corrected chi connectivity index (χ2v) is 5.18. The lowest BCUT2D eigenvalue weighted by molar-refractivity contribution is 0.246. The lowest BCUT2D eigenvalue weighted by Crippen LogP contribution is -2.45. The summed E-state index contributed by atoms with van der Waals surface area (Å²) in [5, 5.41) is 11.3. The number of hydrazine groups is 2. The summed E-state index contributed by atoms with van der Waals surface area (Å²) in [5.74, 6) is 0.784. The summed E-state index contributed by atoms with van der Waals surface area (Å²) in [7, 11) is 0. The number of nitrogens with one attached hydrogen (secondary N) is 2. The zero-order chi connectivity index (χ0) is 14.1. The minimum Gasteiger partial charge on any atom is -0.268 e. The molecule has 0 bridgehead atoms. The van der Waals surface area contributed by atoms with E-state index >= 15 is 0 Å². The fraction of sp³-hybridized carbons (Fsp3) is 0.231. The molecule has 2 aromatic rings. The first-order chi connectivity index (χ1) is 9.68. The van der Waals surface area contributed by atoms with Crippen molar-refractivity contribution in [3.63, 3.8) is 0 Å². The van der Waals surface area contributed by atoms with E-state index in [1.165, 1.54) is 0 Å². The van der Waals surface area contributed by atoms with Gasteiger partial charge in [0.05, 0.1) is 17.4 Å². The van der Waals surface area contributed by atoms with Crippen LogP contribution in [0.1, 0.15) is 19.4 Å². The van der Waals surface area contributed by atoms with Gasteiger partial charge in [0.15, 0.2) is 5.84 Å². The van der Waals surface area contributed by atoms with E-state index in [0.717, 1.165) is 22.1 Å². The Bertz CT molecular complexity index is 634.